The second-order valence-corrected chi connectivity index (χ2v) is 2.82. The quantitative estimate of drug-likeness (QED) is 0.668. The van der Waals surface area contributed by atoms with Gasteiger partial charge in [-0.05, 0) is 27.5 Å². The lowest BCUT2D eigenvalue weighted by atomic mass is 10.7. The molecule has 0 saturated heterocycles. The molecule has 0 unspecified atom stereocenters. The van der Waals surface area contributed by atoms with Crippen molar-refractivity contribution in [3.8, 4) is 0 Å². The lowest BCUT2D eigenvalue weighted by molar-refractivity contribution is 0.0600. The Hall–Kier alpha value is -0.490. The number of esters is 1. The second-order valence-electron chi connectivity index (χ2n) is 1.36. The first kappa shape index (κ1) is 7.62. The molecule has 0 amide bonds. The summed E-state index contributed by atoms with van der Waals surface area (Å²) in [5.74, 6) is -0.455. The van der Waals surface area contributed by atoms with Gasteiger partial charge in [0.15, 0.2) is 0 Å². The Morgan fingerprint density at radius 3 is 2.90 bits per heavy atom. The number of ether oxygens (including phenoxy) is 1. The van der Waals surface area contributed by atoms with Crippen LogP contribution >= 0.6 is 27.5 Å². The molecule has 1 aromatic rings. The number of halogens is 1. The summed E-state index contributed by atoms with van der Waals surface area (Å²) in [6.45, 7) is 0. The minimum absolute atomic E-state index is 0.259. The van der Waals surface area contributed by atoms with Gasteiger partial charge in [0.2, 0.25) is 9.74 Å². The highest BCUT2D eigenvalue weighted by Crippen LogP contribution is 2.09. The van der Waals surface area contributed by atoms with Crippen molar-refractivity contribution in [2.45, 2.75) is 0 Å². The van der Waals surface area contributed by atoms with E-state index >= 15 is 0 Å². The van der Waals surface area contributed by atoms with Crippen molar-refractivity contribution in [2.75, 3.05) is 7.11 Å². The zero-order valence-electron chi connectivity index (χ0n) is 5.00. The van der Waals surface area contributed by atoms with Gasteiger partial charge < -0.3 is 4.74 Å². The molecule has 0 saturated carbocycles. The van der Waals surface area contributed by atoms with Gasteiger partial charge in [0, 0.05) is 0 Å². The monoisotopic (exact) mass is 222 g/mol. The molecule has 0 aliphatic heterocycles. The Bertz CT molecular complexity index is 249. The summed E-state index contributed by atoms with van der Waals surface area (Å²) in [6.07, 6.45) is 0. The van der Waals surface area contributed by atoms with E-state index in [0.29, 0.717) is 4.73 Å². The average Bonchev–Trinajstić information content (AvgIpc) is 2.34. The topological polar surface area (TPSA) is 52.1 Å². The molecule has 1 aromatic heterocycles. The molecule has 0 bridgehead atoms. The molecule has 4 nitrogen and oxygen atoms in total. The molecule has 1 rings (SSSR count). The molecule has 0 aromatic carbocycles. The van der Waals surface area contributed by atoms with E-state index in [4.69, 9.17) is 0 Å². The largest absolute Gasteiger partial charge is 0.464 e. The lowest BCUT2D eigenvalue weighted by Gasteiger charge is -1.88. The standard InChI is InChI=1S/C4H3BrN2O2S/c1-9-3(8)2-6-4(5)7-10-2/h1H3. The fraction of sp³-hybridized carbons (Fsp3) is 0.250. The summed E-state index contributed by atoms with van der Waals surface area (Å²) in [5, 5.41) is 0.259. The summed E-state index contributed by atoms with van der Waals surface area (Å²) < 4.78 is 8.54. The van der Waals surface area contributed by atoms with Crippen LogP contribution in [0.1, 0.15) is 9.80 Å². The fourth-order valence-corrected chi connectivity index (χ4v) is 1.38. The maximum Gasteiger partial charge on any atom is 0.368 e. The Balaban J connectivity index is 2.85. The summed E-state index contributed by atoms with van der Waals surface area (Å²) in [4.78, 5) is 14.4. The molecule has 10 heavy (non-hydrogen) atoms. The first-order valence-corrected chi connectivity index (χ1v) is 3.88. The van der Waals surface area contributed by atoms with Crippen molar-refractivity contribution in [1.82, 2.24) is 9.36 Å². The van der Waals surface area contributed by atoms with Gasteiger partial charge in [-0.15, -0.1) is 0 Å². The predicted molar refractivity (Wildman–Crippen MR) is 38.9 cm³/mol. The van der Waals surface area contributed by atoms with Gasteiger partial charge in [-0.1, -0.05) is 0 Å². The molecular weight excluding hydrogens is 220 g/mol. The van der Waals surface area contributed by atoms with Crippen LogP contribution in [0, 0.1) is 0 Å². The van der Waals surface area contributed by atoms with Crippen LogP contribution < -0.4 is 0 Å². The molecule has 1 heterocycles. The minimum Gasteiger partial charge on any atom is -0.464 e. The molecule has 6 heteroatoms. The van der Waals surface area contributed by atoms with Crippen LogP contribution in [0.3, 0.4) is 0 Å². The Morgan fingerprint density at radius 2 is 2.50 bits per heavy atom. The first-order chi connectivity index (χ1) is 4.74. The van der Waals surface area contributed by atoms with Crippen LogP contribution in [-0.4, -0.2) is 22.4 Å². The van der Waals surface area contributed by atoms with E-state index in [1.165, 1.54) is 7.11 Å². The molecule has 0 fully saturated rings. The molecule has 0 aliphatic rings. The van der Waals surface area contributed by atoms with Gasteiger partial charge in [-0.3, -0.25) is 0 Å². The lowest BCUT2D eigenvalue weighted by Crippen LogP contribution is -1.99. The third-order valence-electron chi connectivity index (χ3n) is 0.761. The second kappa shape index (κ2) is 3.07. The van der Waals surface area contributed by atoms with E-state index in [-0.39, 0.29) is 5.01 Å². The van der Waals surface area contributed by atoms with Gasteiger partial charge >= 0.3 is 5.97 Å². The molecule has 0 atom stereocenters. The molecule has 54 valence electrons. The van der Waals surface area contributed by atoms with E-state index < -0.39 is 5.97 Å². The van der Waals surface area contributed by atoms with E-state index in [1.54, 1.807) is 0 Å². The summed E-state index contributed by atoms with van der Waals surface area (Å²) in [5.41, 5.74) is 0. The van der Waals surface area contributed by atoms with Crippen molar-refractivity contribution < 1.29 is 9.53 Å². The zero-order valence-corrected chi connectivity index (χ0v) is 7.40. The van der Waals surface area contributed by atoms with Crippen LogP contribution in [0.4, 0.5) is 0 Å². The summed E-state index contributed by atoms with van der Waals surface area (Å²) in [7, 11) is 1.30. The number of hydrogen-bond donors (Lipinski definition) is 0. The smallest absolute Gasteiger partial charge is 0.368 e. The summed E-state index contributed by atoms with van der Waals surface area (Å²) in [6, 6.07) is 0. The van der Waals surface area contributed by atoms with Crippen molar-refractivity contribution >= 4 is 33.4 Å². The summed E-state index contributed by atoms with van der Waals surface area (Å²) >= 11 is 4.01. The number of nitrogens with zero attached hydrogens (tertiary/aromatic N) is 2. The minimum atomic E-state index is -0.455. The Kier molecular flexibility index (Phi) is 2.34. The number of hydrogen-bond acceptors (Lipinski definition) is 5. The van der Waals surface area contributed by atoms with Crippen LogP contribution in [0.2, 0.25) is 0 Å². The number of methoxy groups -OCH3 is 1. The van der Waals surface area contributed by atoms with E-state index in [9.17, 15) is 4.79 Å². The van der Waals surface area contributed by atoms with Crippen LogP contribution in [-0.2, 0) is 4.74 Å². The van der Waals surface area contributed by atoms with E-state index in [2.05, 4.69) is 30.0 Å². The van der Waals surface area contributed by atoms with Crippen LogP contribution in [0.15, 0.2) is 4.73 Å². The van der Waals surface area contributed by atoms with E-state index in [1.807, 2.05) is 0 Å². The Morgan fingerprint density at radius 1 is 1.80 bits per heavy atom. The van der Waals surface area contributed by atoms with Gasteiger partial charge in [0.05, 0.1) is 7.11 Å². The van der Waals surface area contributed by atoms with Gasteiger partial charge in [-0.25, -0.2) is 9.78 Å². The maximum absolute atomic E-state index is 10.7. The normalized spacial score (nSPS) is 9.40. The first-order valence-electron chi connectivity index (χ1n) is 2.31. The van der Waals surface area contributed by atoms with E-state index in [0.717, 1.165) is 11.5 Å². The van der Waals surface area contributed by atoms with Crippen LogP contribution in [0.25, 0.3) is 0 Å². The third-order valence-corrected chi connectivity index (χ3v) is 2.05. The SMILES string of the molecule is COC(=O)c1nc(Br)ns1. The van der Waals surface area contributed by atoms with Crippen molar-refractivity contribution in [2.24, 2.45) is 0 Å². The number of rotatable bonds is 1. The number of aromatic nitrogens is 2. The Labute approximate surface area is 69.5 Å². The third kappa shape index (κ3) is 1.51. The number of carbonyl (C=O) groups excluding carboxylic acids is 1. The van der Waals surface area contributed by atoms with Gasteiger partial charge in [-0.2, -0.15) is 4.37 Å². The van der Waals surface area contributed by atoms with Gasteiger partial charge in [0.1, 0.15) is 0 Å². The van der Waals surface area contributed by atoms with Gasteiger partial charge in [0.25, 0.3) is 0 Å². The zero-order chi connectivity index (χ0) is 7.56. The maximum atomic E-state index is 10.7. The highest BCUT2D eigenvalue weighted by atomic mass is 79.9. The van der Waals surface area contributed by atoms with Crippen LogP contribution in [0.5, 0.6) is 0 Å². The molecule has 0 N–H and O–H groups in total. The van der Waals surface area contributed by atoms with Crippen molar-refractivity contribution in [3.63, 3.8) is 0 Å². The number of carbonyl (C=O) groups is 1. The average molecular weight is 223 g/mol. The predicted octanol–water partition coefficient (Wildman–Crippen LogP) is 1.09. The molecule has 0 aliphatic carbocycles. The van der Waals surface area contributed by atoms with Crippen molar-refractivity contribution in [1.29, 1.82) is 0 Å². The van der Waals surface area contributed by atoms with Crippen molar-refractivity contribution in [3.05, 3.63) is 9.74 Å². The molecular formula is C4H3BrN2O2S. The highest BCUT2D eigenvalue weighted by molar-refractivity contribution is 9.10. The fourth-order valence-electron chi connectivity index (χ4n) is 0.376. The highest BCUT2D eigenvalue weighted by Gasteiger charge is 2.10. The molecule has 0 spiro atoms. The molecule has 0 radical (unpaired) electrons.